The molecule has 1 N–H and O–H groups in total. The van der Waals surface area contributed by atoms with E-state index < -0.39 is 0 Å². The van der Waals surface area contributed by atoms with E-state index in [1.54, 1.807) is 19.1 Å². The Morgan fingerprint density at radius 3 is 2.76 bits per heavy atom. The van der Waals surface area contributed by atoms with Crippen LogP contribution in [0, 0.1) is 6.92 Å². The molecule has 1 heterocycles. The van der Waals surface area contributed by atoms with Crippen molar-refractivity contribution in [2.45, 2.75) is 20.4 Å². The van der Waals surface area contributed by atoms with Crippen molar-refractivity contribution in [3.8, 4) is 0 Å². The molecule has 1 amide bonds. The second kappa shape index (κ2) is 5.77. The maximum absolute atomic E-state index is 11.2. The lowest BCUT2D eigenvalue weighted by molar-refractivity contribution is -0.116. The number of carbonyl (C=O) groups is 2. The Morgan fingerprint density at radius 1 is 1.53 bits per heavy atom. The van der Waals surface area contributed by atoms with Crippen molar-refractivity contribution in [3.05, 3.63) is 47.5 Å². The van der Waals surface area contributed by atoms with Gasteiger partial charge in [0.1, 0.15) is 0 Å². The fourth-order valence-corrected chi connectivity index (χ4v) is 1.40. The van der Waals surface area contributed by atoms with E-state index in [0.29, 0.717) is 23.5 Å². The average molecular weight is 230 g/mol. The Labute approximate surface area is 100 Å². The molecular formula is C13H14N2O2. The van der Waals surface area contributed by atoms with E-state index in [2.05, 4.69) is 22.6 Å². The number of ketones is 1. The molecule has 0 aliphatic heterocycles. The molecule has 0 spiro atoms. The standard InChI is InChI=1S/C13H14N2O2/c1-4-5-13(17)14-8-11-6-7-12(10(3)16)9(2)15-11/h5-7H,1,8H2,2-3H3,(H,14,17). The zero-order valence-electron chi connectivity index (χ0n) is 9.91. The van der Waals surface area contributed by atoms with Crippen LogP contribution in [-0.2, 0) is 11.3 Å². The molecule has 0 aliphatic carbocycles. The van der Waals surface area contributed by atoms with Gasteiger partial charge >= 0.3 is 0 Å². The van der Waals surface area contributed by atoms with Crippen molar-refractivity contribution in [3.63, 3.8) is 0 Å². The van der Waals surface area contributed by atoms with Crippen LogP contribution >= 0.6 is 0 Å². The van der Waals surface area contributed by atoms with Crippen LogP contribution in [0.4, 0.5) is 0 Å². The highest BCUT2D eigenvalue weighted by Gasteiger charge is 2.06. The molecular weight excluding hydrogens is 216 g/mol. The van der Waals surface area contributed by atoms with Crippen LogP contribution in [-0.4, -0.2) is 16.7 Å². The van der Waals surface area contributed by atoms with Crippen LogP contribution in [0.15, 0.2) is 30.5 Å². The van der Waals surface area contributed by atoms with Gasteiger partial charge in [-0.05, 0) is 26.0 Å². The molecule has 0 aromatic carbocycles. The van der Waals surface area contributed by atoms with E-state index >= 15 is 0 Å². The van der Waals surface area contributed by atoms with E-state index in [-0.39, 0.29) is 11.7 Å². The van der Waals surface area contributed by atoms with Gasteiger partial charge in [0.25, 0.3) is 5.91 Å². The third kappa shape index (κ3) is 3.70. The minimum absolute atomic E-state index is 0.0137. The first-order valence-corrected chi connectivity index (χ1v) is 5.15. The molecule has 1 rings (SSSR count). The molecule has 4 heteroatoms. The quantitative estimate of drug-likeness (QED) is 0.485. The van der Waals surface area contributed by atoms with E-state index in [1.165, 1.54) is 13.0 Å². The second-order valence-corrected chi connectivity index (χ2v) is 3.56. The topological polar surface area (TPSA) is 59.1 Å². The van der Waals surface area contributed by atoms with Gasteiger partial charge in [0.2, 0.25) is 0 Å². The molecule has 0 atom stereocenters. The molecule has 0 radical (unpaired) electrons. The summed E-state index contributed by atoms with van der Waals surface area (Å²) in [4.78, 5) is 26.6. The van der Waals surface area contributed by atoms with Gasteiger partial charge < -0.3 is 5.32 Å². The summed E-state index contributed by atoms with van der Waals surface area (Å²) in [5.41, 5.74) is 4.37. The van der Waals surface area contributed by atoms with Gasteiger partial charge in [-0.15, -0.1) is 5.73 Å². The summed E-state index contributed by atoms with van der Waals surface area (Å²) in [5, 5.41) is 2.63. The number of nitrogens with zero attached hydrogens (tertiary/aromatic N) is 1. The summed E-state index contributed by atoms with van der Waals surface area (Å²) in [6.07, 6.45) is 1.22. The number of rotatable bonds is 4. The maximum Gasteiger partial charge on any atom is 0.252 e. The molecule has 0 saturated carbocycles. The molecule has 4 nitrogen and oxygen atoms in total. The van der Waals surface area contributed by atoms with Crippen molar-refractivity contribution in [2.24, 2.45) is 0 Å². The SMILES string of the molecule is C=C=CC(=O)NCc1ccc(C(C)=O)c(C)n1. The number of hydrogen-bond donors (Lipinski definition) is 1. The minimum atomic E-state index is -0.268. The van der Waals surface area contributed by atoms with Gasteiger partial charge in [0.15, 0.2) is 5.78 Å². The van der Waals surface area contributed by atoms with E-state index in [4.69, 9.17) is 0 Å². The van der Waals surface area contributed by atoms with Crippen molar-refractivity contribution >= 4 is 11.7 Å². The van der Waals surface area contributed by atoms with Crippen molar-refractivity contribution < 1.29 is 9.59 Å². The first-order chi connectivity index (χ1) is 8.04. The largest absolute Gasteiger partial charge is 0.346 e. The van der Waals surface area contributed by atoms with E-state index in [1.807, 2.05) is 0 Å². The molecule has 0 unspecified atom stereocenters. The highest BCUT2D eigenvalue weighted by molar-refractivity contribution is 5.95. The first-order valence-electron chi connectivity index (χ1n) is 5.15. The number of Topliss-reactive ketones (excluding diaryl/α,β-unsaturated/α-hetero) is 1. The summed E-state index contributed by atoms with van der Waals surface area (Å²) >= 11 is 0. The van der Waals surface area contributed by atoms with Crippen molar-refractivity contribution in [1.82, 2.24) is 10.3 Å². The van der Waals surface area contributed by atoms with Gasteiger partial charge in [0.05, 0.1) is 12.2 Å². The maximum atomic E-state index is 11.2. The first kappa shape index (κ1) is 12.9. The van der Waals surface area contributed by atoms with Crippen molar-refractivity contribution in [1.29, 1.82) is 0 Å². The number of carbonyl (C=O) groups excluding carboxylic acids is 2. The number of amides is 1. The molecule has 17 heavy (non-hydrogen) atoms. The highest BCUT2D eigenvalue weighted by atomic mass is 16.1. The number of pyridine rings is 1. The van der Waals surface area contributed by atoms with Gasteiger partial charge in [-0.1, -0.05) is 6.58 Å². The van der Waals surface area contributed by atoms with Crippen LogP contribution in [0.2, 0.25) is 0 Å². The lowest BCUT2D eigenvalue weighted by Crippen LogP contribution is -2.21. The third-order valence-corrected chi connectivity index (χ3v) is 2.20. The number of nitrogens with one attached hydrogen (secondary N) is 1. The van der Waals surface area contributed by atoms with Gasteiger partial charge in [0, 0.05) is 17.3 Å². The minimum Gasteiger partial charge on any atom is -0.346 e. The van der Waals surface area contributed by atoms with Crippen molar-refractivity contribution in [2.75, 3.05) is 0 Å². The fourth-order valence-electron chi connectivity index (χ4n) is 1.40. The Morgan fingerprint density at radius 2 is 2.24 bits per heavy atom. The molecule has 0 aliphatic rings. The zero-order chi connectivity index (χ0) is 12.8. The van der Waals surface area contributed by atoms with Gasteiger partial charge in [-0.25, -0.2) is 0 Å². The highest BCUT2D eigenvalue weighted by Crippen LogP contribution is 2.07. The Kier molecular flexibility index (Phi) is 4.37. The predicted molar refractivity (Wildman–Crippen MR) is 64.5 cm³/mol. The number of aromatic nitrogens is 1. The monoisotopic (exact) mass is 230 g/mol. The third-order valence-electron chi connectivity index (χ3n) is 2.20. The number of aryl methyl sites for hydroxylation is 1. The normalized spacial score (nSPS) is 9.29. The summed E-state index contributed by atoms with van der Waals surface area (Å²) in [5.74, 6) is -0.282. The second-order valence-electron chi connectivity index (χ2n) is 3.56. The van der Waals surface area contributed by atoms with E-state index in [9.17, 15) is 9.59 Å². The zero-order valence-corrected chi connectivity index (χ0v) is 9.91. The predicted octanol–water partition coefficient (Wildman–Crippen LogP) is 1.55. The molecule has 1 aromatic heterocycles. The molecule has 88 valence electrons. The van der Waals surface area contributed by atoms with E-state index in [0.717, 1.165) is 0 Å². The summed E-state index contributed by atoms with van der Waals surface area (Å²) in [7, 11) is 0. The molecule has 0 bridgehead atoms. The fraction of sp³-hybridized carbons (Fsp3) is 0.231. The Hall–Kier alpha value is -2.19. The molecule has 1 aromatic rings. The van der Waals surface area contributed by atoms with Crippen LogP contribution in [0.1, 0.15) is 28.7 Å². The lowest BCUT2D eigenvalue weighted by atomic mass is 10.1. The van der Waals surface area contributed by atoms with Crippen LogP contribution in [0.3, 0.4) is 0 Å². The van der Waals surface area contributed by atoms with Crippen LogP contribution in [0.25, 0.3) is 0 Å². The van der Waals surface area contributed by atoms with Gasteiger partial charge in [-0.3, -0.25) is 14.6 Å². The summed E-state index contributed by atoms with van der Waals surface area (Å²) in [6, 6.07) is 3.44. The Bertz CT molecular complexity index is 500. The number of hydrogen-bond acceptors (Lipinski definition) is 3. The molecule has 0 saturated heterocycles. The Balaban J connectivity index is 2.74. The smallest absolute Gasteiger partial charge is 0.252 e. The summed E-state index contributed by atoms with van der Waals surface area (Å²) < 4.78 is 0. The lowest BCUT2D eigenvalue weighted by Gasteiger charge is -2.05. The average Bonchev–Trinajstić information content (AvgIpc) is 2.26. The molecule has 0 fully saturated rings. The van der Waals surface area contributed by atoms with Crippen LogP contribution < -0.4 is 5.32 Å². The van der Waals surface area contributed by atoms with Crippen LogP contribution in [0.5, 0.6) is 0 Å². The van der Waals surface area contributed by atoms with Gasteiger partial charge in [-0.2, -0.15) is 0 Å². The summed E-state index contributed by atoms with van der Waals surface area (Å²) in [6.45, 7) is 6.89.